The highest BCUT2D eigenvalue weighted by Gasteiger charge is 2.10. The van der Waals surface area contributed by atoms with Crippen molar-refractivity contribution in [3.8, 4) is 5.75 Å². The van der Waals surface area contributed by atoms with Gasteiger partial charge in [0.2, 0.25) is 0 Å². The van der Waals surface area contributed by atoms with E-state index in [9.17, 15) is 0 Å². The van der Waals surface area contributed by atoms with Crippen molar-refractivity contribution in [2.75, 3.05) is 13.7 Å². The molecule has 0 amide bonds. The van der Waals surface area contributed by atoms with E-state index in [1.54, 1.807) is 7.11 Å². The Hall–Kier alpha value is -1.54. The largest absolute Gasteiger partial charge is 0.496 e. The summed E-state index contributed by atoms with van der Waals surface area (Å²) in [6.07, 6.45) is 0.682. The minimum Gasteiger partial charge on any atom is -0.496 e. The van der Waals surface area contributed by atoms with E-state index in [-0.39, 0.29) is 6.61 Å². The van der Waals surface area contributed by atoms with Crippen LogP contribution in [0.3, 0.4) is 0 Å². The number of fused-ring (bicyclic) bond motifs is 1. The molecule has 0 radical (unpaired) electrons. The first-order valence-corrected chi connectivity index (χ1v) is 6.37. The van der Waals surface area contributed by atoms with Crippen molar-refractivity contribution in [1.82, 2.24) is 0 Å². The van der Waals surface area contributed by atoms with Gasteiger partial charge in [0.05, 0.1) is 7.11 Å². The summed E-state index contributed by atoms with van der Waals surface area (Å²) in [5.41, 5.74) is 2.40. The van der Waals surface area contributed by atoms with E-state index < -0.39 is 0 Å². The van der Waals surface area contributed by atoms with E-state index >= 15 is 0 Å². The minimum atomic E-state index is 0.174. The normalized spacial score (nSPS) is 11.2. The van der Waals surface area contributed by atoms with Crippen LogP contribution in [0.25, 0.3) is 10.8 Å². The Balaban J connectivity index is 2.66. The molecule has 2 rings (SSSR count). The van der Waals surface area contributed by atoms with Gasteiger partial charge in [0.1, 0.15) is 5.75 Å². The van der Waals surface area contributed by atoms with Crippen LogP contribution in [0, 0.1) is 0 Å². The molecule has 0 unspecified atom stereocenters. The highest BCUT2D eigenvalue weighted by molar-refractivity contribution is 5.88. The fraction of sp³-hybridized carbons (Fsp3) is 0.375. The standard InChI is InChI=1S/C16H20O2/c1-11(2)14-9-13-6-4-5-12(7-8-17)15(13)10-16(14)18-3/h4-6,9-11,17H,7-8H2,1-3H3. The van der Waals surface area contributed by atoms with Gasteiger partial charge in [-0.05, 0) is 46.4 Å². The lowest BCUT2D eigenvalue weighted by atomic mass is 9.95. The highest BCUT2D eigenvalue weighted by atomic mass is 16.5. The molecule has 0 spiro atoms. The first kappa shape index (κ1) is 12.9. The number of aliphatic hydroxyl groups is 1. The lowest BCUT2D eigenvalue weighted by Crippen LogP contribution is -1.97. The van der Waals surface area contributed by atoms with E-state index in [2.05, 4.69) is 38.1 Å². The zero-order chi connectivity index (χ0) is 13.1. The van der Waals surface area contributed by atoms with Crippen LogP contribution >= 0.6 is 0 Å². The van der Waals surface area contributed by atoms with Gasteiger partial charge in [-0.1, -0.05) is 32.0 Å². The van der Waals surface area contributed by atoms with Gasteiger partial charge in [-0.25, -0.2) is 0 Å². The molecule has 2 aromatic rings. The molecule has 0 saturated heterocycles. The summed E-state index contributed by atoms with van der Waals surface area (Å²) in [7, 11) is 1.71. The van der Waals surface area contributed by atoms with Gasteiger partial charge < -0.3 is 9.84 Å². The topological polar surface area (TPSA) is 29.5 Å². The van der Waals surface area contributed by atoms with Crippen LogP contribution in [0.5, 0.6) is 5.75 Å². The average molecular weight is 244 g/mol. The fourth-order valence-electron chi connectivity index (χ4n) is 2.35. The second kappa shape index (κ2) is 5.40. The Morgan fingerprint density at radius 2 is 2.00 bits per heavy atom. The molecule has 96 valence electrons. The van der Waals surface area contributed by atoms with Gasteiger partial charge >= 0.3 is 0 Å². The van der Waals surface area contributed by atoms with Crippen molar-refractivity contribution in [3.63, 3.8) is 0 Å². The summed E-state index contributed by atoms with van der Waals surface area (Å²) >= 11 is 0. The molecular weight excluding hydrogens is 224 g/mol. The molecule has 2 nitrogen and oxygen atoms in total. The summed E-state index contributed by atoms with van der Waals surface area (Å²) in [5.74, 6) is 1.37. The van der Waals surface area contributed by atoms with E-state index in [4.69, 9.17) is 9.84 Å². The summed E-state index contributed by atoms with van der Waals surface area (Å²) in [5, 5.41) is 11.5. The van der Waals surface area contributed by atoms with Crippen molar-refractivity contribution < 1.29 is 9.84 Å². The Morgan fingerprint density at radius 3 is 2.61 bits per heavy atom. The van der Waals surface area contributed by atoms with Crippen LogP contribution in [0.1, 0.15) is 30.9 Å². The molecule has 0 atom stereocenters. The number of methoxy groups -OCH3 is 1. The van der Waals surface area contributed by atoms with Gasteiger partial charge in [0, 0.05) is 6.61 Å². The molecule has 0 aliphatic carbocycles. The molecule has 2 aromatic carbocycles. The maximum atomic E-state index is 9.12. The van der Waals surface area contributed by atoms with Gasteiger partial charge in [-0.3, -0.25) is 0 Å². The van der Waals surface area contributed by atoms with Crippen molar-refractivity contribution in [3.05, 3.63) is 41.5 Å². The number of rotatable bonds is 4. The molecule has 18 heavy (non-hydrogen) atoms. The van der Waals surface area contributed by atoms with Gasteiger partial charge in [0.15, 0.2) is 0 Å². The maximum absolute atomic E-state index is 9.12. The smallest absolute Gasteiger partial charge is 0.122 e. The van der Waals surface area contributed by atoms with E-state index in [0.717, 1.165) is 5.75 Å². The third-order valence-corrected chi connectivity index (χ3v) is 3.32. The fourth-order valence-corrected chi connectivity index (χ4v) is 2.35. The van der Waals surface area contributed by atoms with Crippen LogP contribution < -0.4 is 4.74 Å². The van der Waals surface area contributed by atoms with Crippen molar-refractivity contribution >= 4 is 10.8 Å². The summed E-state index contributed by atoms with van der Waals surface area (Å²) in [6, 6.07) is 10.5. The zero-order valence-corrected chi connectivity index (χ0v) is 11.2. The maximum Gasteiger partial charge on any atom is 0.122 e. The van der Waals surface area contributed by atoms with E-state index in [1.807, 2.05) is 6.07 Å². The monoisotopic (exact) mass is 244 g/mol. The third kappa shape index (κ3) is 2.34. The number of benzene rings is 2. The molecule has 0 bridgehead atoms. The molecule has 1 N–H and O–H groups in total. The first-order chi connectivity index (χ1) is 8.67. The van der Waals surface area contributed by atoms with Crippen LogP contribution in [-0.2, 0) is 6.42 Å². The third-order valence-electron chi connectivity index (χ3n) is 3.32. The lowest BCUT2D eigenvalue weighted by Gasteiger charge is -2.15. The molecule has 0 heterocycles. The lowest BCUT2D eigenvalue weighted by molar-refractivity contribution is 0.300. The first-order valence-electron chi connectivity index (χ1n) is 6.37. The van der Waals surface area contributed by atoms with Gasteiger partial charge in [0.25, 0.3) is 0 Å². The second-order valence-corrected chi connectivity index (χ2v) is 4.86. The molecule has 2 heteroatoms. The Labute approximate surface area is 108 Å². The van der Waals surface area contributed by atoms with Gasteiger partial charge in [-0.15, -0.1) is 0 Å². The Bertz CT molecular complexity index is 544. The summed E-state index contributed by atoms with van der Waals surface area (Å²) in [6.45, 7) is 4.51. The molecule has 0 aliphatic heterocycles. The molecule has 0 fully saturated rings. The second-order valence-electron chi connectivity index (χ2n) is 4.86. The molecular formula is C16H20O2. The van der Waals surface area contributed by atoms with Crippen LogP contribution in [0.15, 0.2) is 30.3 Å². The summed E-state index contributed by atoms with van der Waals surface area (Å²) in [4.78, 5) is 0. The quantitative estimate of drug-likeness (QED) is 0.891. The predicted molar refractivity (Wildman–Crippen MR) is 75.4 cm³/mol. The molecule has 0 saturated carbocycles. The predicted octanol–water partition coefficient (Wildman–Crippen LogP) is 3.51. The van der Waals surface area contributed by atoms with Crippen LogP contribution in [0.2, 0.25) is 0 Å². The molecule has 0 aromatic heterocycles. The van der Waals surface area contributed by atoms with E-state index in [1.165, 1.54) is 21.9 Å². The number of aliphatic hydroxyl groups excluding tert-OH is 1. The van der Waals surface area contributed by atoms with Gasteiger partial charge in [-0.2, -0.15) is 0 Å². The number of hydrogen-bond acceptors (Lipinski definition) is 2. The SMILES string of the molecule is COc1cc2c(CCO)cccc2cc1C(C)C. The number of ether oxygens (including phenoxy) is 1. The highest BCUT2D eigenvalue weighted by Crippen LogP contribution is 2.32. The van der Waals surface area contributed by atoms with Crippen molar-refractivity contribution in [2.45, 2.75) is 26.2 Å². The van der Waals surface area contributed by atoms with Crippen molar-refractivity contribution in [2.24, 2.45) is 0 Å². The van der Waals surface area contributed by atoms with E-state index in [0.29, 0.717) is 12.3 Å². The average Bonchev–Trinajstić information content (AvgIpc) is 2.38. The number of hydrogen-bond donors (Lipinski definition) is 1. The molecule has 0 aliphatic rings. The summed E-state index contributed by atoms with van der Waals surface area (Å²) < 4.78 is 5.49. The van der Waals surface area contributed by atoms with Crippen LogP contribution in [0.4, 0.5) is 0 Å². The van der Waals surface area contributed by atoms with Crippen LogP contribution in [-0.4, -0.2) is 18.8 Å². The zero-order valence-electron chi connectivity index (χ0n) is 11.2. The Morgan fingerprint density at radius 1 is 1.22 bits per heavy atom. The Kier molecular flexibility index (Phi) is 3.87. The van der Waals surface area contributed by atoms with Crippen molar-refractivity contribution in [1.29, 1.82) is 0 Å². The minimum absolute atomic E-state index is 0.174.